The van der Waals surface area contributed by atoms with Crippen LogP contribution in [0.5, 0.6) is 5.75 Å². The SMILES string of the molecule is CCCCOc1cc(C(=O)NC)ccc1-c1ccc2[nH]ccc2c1.[HH]. The van der Waals surface area contributed by atoms with E-state index in [-0.39, 0.29) is 7.33 Å². The van der Waals surface area contributed by atoms with Gasteiger partial charge in [0.05, 0.1) is 6.61 Å². The highest BCUT2D eigenvalue weighted by molar-refractivity contribution is 5.95. The molecule has 4 nitrogen and oxygen atoms in total. The Morgan fingerprint density at radius 3 is 2.88 bits per heavy atom. The van der Waals surface area contributed by atoms with E-state index in [1.54, 1.807) is 7.05 Å². The van der Waals surface area contributed by atoms with Gasteiger partial charge in [-0.1, -0.05) is 19.4 Å². The highest BCUT2D eigenvalue weighted by Crippen LogP contribution is 2.33. The van der Waals surface area contributed by atoms with Crippen LogP contribution >= 0.6 is 0 Å². The van der Waals surface area contributed by atoms with Crippen LogP contribution in [0.4, 0.5) is 0 Å². The van der Waals surface area contributed by atoms with Crippen LogP contribution in [-0.2, 0) is 0 Å². The van der Waals surface area contributed by atoms with Crippen LogP contribution in [0.3, 0.4) is 0 Å². The molecule has 0 aliphatic rings. The number of amides is 1. The number of aromatic amines is 1. The topological polar surface area (TPSA) is 54.1 Å². The average molecular weight is 324 g/mol. The third-order valence-electron chi connectivity index (χ3n) is 4.09. The molecule has 0 spiro atoms. The number of hydrogen-bond acceptors (Lipinski definition) is 2. The summed E-state index contributed by atoms with van der Waals surface area (Å²) in [7, 11) is 1.63. The van der Waals surface area contributed by atoms with Crippen LogP contribution < -0.4 is 10.1 Å². The Hall–Kier alpha value is -2.75. The number of fused-ring (bicyclic) bond motifs is 1. The van der Waals surface area contributed by atoms with Crippen LogP contribution in [0.1, 0.15) is 31.6 Å². The number of carbonyl (C=O) groups is 1. The quantitative estimate of drug-likeness (QED) is 0.650. The summed E-state index contributed by atoms with van der Waals surface area (Å²) in [5.74, 6) is 0.641. The first-order chi connectivity index (χ1) is 11.7. The van der Waals surface area contributed by atoms with Crippen LogP contribution in [-0.4, -0.2) is 24.5 Å². The molecule has 24 heavy (non-hydrogen) atoms. The Morgan fingerprint density at radius 2 is 2.08 bits per heavy atom. The molecule has 0 atom stereocenters. The van der Waals surface area contributed by atoms with Crippen molar-refractivity contribution >= 4 is 16.8 Å². The van der Waals surface area contributed by atoms with E-state index in [1.165, 1.54) is 0 Å². The van der Waals surface area contributed by atoms with Crippen molar-refractivity contribution in [3.05, 3.63) is 54.2 Å². The standard InChI is InChI=1S/C20H22N2O2.H2/c1-3-4-11-24-19-13-16(20(23)21-2)5-7-17(19)14-6-8-18-15(12-14)9-10-22-18;/h5-10,12-13,22H,3-4,11H2,1-2H3,(H,21,23);1H. The minimum absolute atomic E-state index is 0. The zero-order chi connectivity index (χ0) is 16.9. The van der Waals surface area contributed by atoms with Gasteiger partial charge in [-0.2, -0.15) is 0 Å². The van der Waals surface area contributed by atoms with Gasteiger partial charge in [0.25, 0.3) is 5.91 Å². The Morgan fingerprint density at radius 1 is 1.21 bits per heavy atom. The molecular weight excluding hydrogens is 300 g/mol. The van der Waals surface area contributed by atoms with Crippen molar-refractivity contribution in [2.45, 2.75) is 19.8 Å². The number of H-pyrrole nitrogens is 1. The Bertz CT molecular complexity index is 858. The van der Waals surface area contributed by atoms with Gasteiger partial charge in [0.2, 0.25) is 0 Å². The van der Waals surface area contributed by atoms with E-state index in [2.05, 4.69) is 41.5 Å². The molecule has 3 aromatic rings. The molecule has 0 aliphatic heterocycles. The van der Waals surface area contributed by atoms with Crippen molar-refractivity contribution in [2.24, 2.45) is 0 Å². The van der Waals surface area contributed by atoms with E-state index in [0.717, 1.165) is 40.6 Å². The van der Waals surface area contributed by atoms with E-state index in [4.69, 9.17) is 4.74 Å². The van der Waals surface area contributed by atoms with Crippen molar-refractivity contribution in [1.29, 1.82) is 0 Å². The summed E-state index contributed by atoms with van der Waals surface area (Å²) >= 11 is 0. The minimum Gasteiger partial charge on any atom is -0.493 e. The number of ether oxygens (including phenoxy) is 1. The van der Waals surface area contributed by atoms with Gasteiger partial charge >= 0.3 is 0 Å². The summed E-state index contributed by atoms with van der Waals surface area (Å²) < 4.78 is 5.97. The van der Waals surface area contributed by atoms with Crippen molar-refractivity contribution in [3.8, 4) is 16.9 Å². The first-order valence-corrected chi connectivity index (χ1v) is 8.29. The monoisotopic (exact) mass is 324 g/mol. The molecule has 1 heterocycles. The summed E-state index contributed by atoms with van der Waals surface area (Å²) in [6, 6.07) is 13.9. The second kappa shape index (κ2) is 7.21. The van der Waals surface area contributed by atoms with Crippen LogP contribution in [0, 0.1) is 0 Å². The van der Waals surface area contributed by atoms with E-state index in [0.29, 0.717) is 12.2 Å². The maximum absolute atomic E-state index is 11.9. The van der Waals surface area contributed by atoms with Crippen molar-refractivity contribution in [3.63, 3.8) is 0 Å². The van der Waals surface area contributed by atoms with Gasteiger partial charge in [0.15, 0.2) is 0 Å². The van der Waals surface area contributed by atoms with E-state index in [1.807, 2.05) is 24.4 Å². The van der Waals surface area contributed by atoms with Gasteiger partial charge in [-0.15, -0.1) is 0 Å². The fourth-order valence-electron chi connectivity index (χ4n) is 2.71. The third-order valence-corrected chi connectivity index (χ3v) is 4.09. The van der Waals surface area contributed by atoms with E-state index >= 15 is 0 Å². The number of hydrogen-bond donors (Lipinski definition) is 2. The molecule has 2 aromatic carbocycles. The molecule has 3 rings (SSSR count). The Kier molecular flexibility index (Phi) is 4.85. The maximum atomic E-state index is 11.9. The lowest BCUT2D eigenvalue weighted by Crippen LogP contribution is -2.17. The van der Waals surface area contributed by atoms with Crippen LogP contribution in [0.2, 0.25) is 0 Å². The van der Waals surface area contributed by atoms with Gasteiger partial charge in [-0.05, 0) is 53.8 Å². The third kappa shape index (κ3) is 3.27. The summed E-state index contributed by atoms with van der Waals surface area (Å²) in [4.78, 5) is 15.1. The number of aromatic nitrogens is 1. The minimum atomic E-state index is -0.108. The summed E-state index contributed by atoms with van der Waals surface area (Å²) in [6.45, 7) is 2.78. The normalized spacial score (nSPS) is 10.8. The lowest BCUT2D eigenvalue weighted by atomic mass is 10.0. The molecule has 0 bridgehead atoms. The molecule has 1 aromatic heterocycles. The molecular formula is C20H24N2O2. The molecule has 1 amide bonds. The number of carbonyl (C=O) groups excluding carboxylic acids is 1. The molecule has 0 saturated carbocycles. The lowest BCUT2D eigenvalue weighted by Gasteiger charge is -2.13. The molecule has 0 unspecified atom stereocenters. The molecule has 0 saturated heterocycles. The Labute approximate surface area is 143 Å². The smallest absolute Gasteiger partial charge is 0.251 e. The predicted octanol–water partition coefficient (Wildman–Crippen LogP) is 4.62. The molecule has 0 aliphatic carbocycles. The highest BCUT2D eigenvalue weighted by atomic mass is 16.5. The number of benzene rings is 2. The van der Waals surface area contributed by atoms with Gasteiger partial charge in [-0.25, -0.2) is 0 Å². The second-order valence-corrected chi connectivity index (χ2v) is 5.77. The zero-order valence-corrected chi connectivity index (χ0v) is 14.1. The molecule has 2 N–H and O–H groups in total. The summed E-state index contributed by atoms with van der Waals surface area (Å²) in [5, 5.41) is 3.81. The van der Waals surface area contributed by atoms with Gasteiger partial charge in [0, 0.05) is 31.3 Å². The molecule has 126 valence electrons. The maximum Gasteiger partial charge on any atom is 0.251 e. The average Bonchev–Trinajstić information content (AvgIpc) is 3.09. The summed E-state index contributed by atoms with van der Waals surface area (Å²) in [6.07, 6.45) is 3.99. The number of unbranched alkanes of at least 4 members (excludes halogenated alkanes) is 1. The number of nitrogens with one attached hydrogen (secondary N) is 2. The molecule has 0 radical (unpaired) electrons. The van der Waals surface area contributed by atoms with Gasteiger partial charge in [0.1, 0.15) is 5.75 Å². The zero-order valence-electron chi connectivity index (χ0n) is 14.1. The lowest BCUT2D eigenvalue weighted by molar-refractivity contribution is 0.0962. The number of rotatable bonds is 6. The summed E-state index contributed by atoms with van der Waals surface area (Å²) in [5.41, 5.74) is 3.79. The first kappa shape index (κ1) is 16.1. The molecule has 0 fully saturated rings. The van der Waals surface area contributed by atoms with Crippen LogP contribution in [0.15, 0.2) is 48.7 Å². The second-order valence-electron chi connectivity index (χ2n) is 5.77. The van der Waals surface area contributed by atoms with Crippen molar-refractivity contribution in [2.75, 3.05) is 13.7 Å². The van der Waals surface area contributed by atoms with Crippen molar-refractivity contribution in [1.82, 2.24) is 10.3 Å². The predicted molar refractivity (Wildman–Crippen MR) is 99.6 cm³/mol. The fraction of sp³-hybridized carbons (Fsp3) is 0.250. The molecule has 4 heteroatoms. The van der Waals surface area contributed by atoms with Gasteiger partial charge in [-0.3, -0.25) is 4.79 Å². The van der Waals surface area contributed by atoms with Gasteiger partial charge < -0.3 is 15.0 Å². The van der Waals surface area contributed by atoms with Crippen molar-refractivity contribution < 1.29 is 11.0 Å². The highest BCUT2D eigenvalue weighted by Gasteiger charge is 2.12. The van der Waals surface area contributed by atoms with E-state index in [9.17, 15) is 4.79 Å². The van der Waals surface area contributed by atoms with E-state index < -0.39 is 0 Å². The Balaban J connectivity index is 0.00000225. The fourth-order valence-corrected chi connectivity index (χ4v) is 2.71. The largest absolute Gasteiger partial charge is 0.493 e. The van der Waals surface area contributed by atoms with Crippen LogP contribution in [0.25, 0.3) is 22.0 Å². The first-order valence-electron chi connectivity index (χ1n) is 8.29.